The number of para-hydroxylation sites is 1. The molecule has 0 fully saturated rings. The van der Waals surface area contributed by atoms with Gasteiger partial charge in [0.2, 0.25) is 0 Å². The largest absolute Gasteiger partial charge is 0.330 e. The zero-order chi connectivity index (χ0) is 14.1. The average Bonchev–Trinajstić information content (AvgIpc) is 2.79. The van der Waals surface area contributed by atoms with Gasteiger partial charge in [-0.15, -0.1) is 0 Å². The molecule has 0 spiro atoms. The number of fused-ring (bicyclic) bond motifs is 1. The monoisotopic (exact) mass is 265 g/mol. The van der Waals surface area contributed by atoms with Crippen LogP contribution in [0.25, 0.3) is 11.0 Å². The quantitative estimate of drug-likeness (QED) is 0.790. The fraction of sp³-hybridized carbons (Fsp3) is 0.235. The highest BCUT2D eigenvalue weighted by Crippen LogP contribution is 2.23. The van der Waals surface area contributed by atoms with E-state index in [-0.39, 0.29) is 6.04 Å². The minimum absolute atomic E-state index is 0.0887. The Morgan fingerprint density at radius 1 is 1.10 bits per heavy atom. The van der Waals surface area contributed by atoms with E-state index in [1.165, 1.54) is 16.6 Å². The Bertz CT molecular complexity index is 729. The molecule has 20 heavy (non-hydrogen) atoms. The van der Waals surface area contributed by atoms with E-state index in [1.807, 2.05) is 37.4 Å². The molecule has 0 bridgehead atoms. The summed E-state index contributed by atoms with van der Waals surface area (Å²) in [7, 11) is 2.04. The van der Waals surface area contributed by atoms with Crippen LogP contribution in [-0.2, 0) is 13.5 Å². The number of imidazole rings is 1. The molecule has 0 saturated carbocycles. The Morgan fingerprint density at radius 2 is 1.85 bits per heavy atom. The lowest BCUT2D eigenvalue weighted by Crippen LogP contribution is -2.17. The molecule has 2 N–H and O–H groups in total. The Balaban J connectivity index is 1.98. The highest BCUT2D eigenvalue weighted by molar-refractivity contribution is 5.79. The third kappa shape index (κ3) is 2.21. The molecule has 0 aliphatic rings. The van der Waals surface area contributed by atoms with Gasteiger partial charge < -0.3 is 10.3 Å². The van der Waals surface area contributed by atoms with Crippen LogP contribution < -0.4 is 5.73 Å². The number of nitrogens with zero attached hydrogens (tertiary/aromatic N) is 2. The number of aryl methyl sites for hydroxylation is 2. The van der Waals surface area contributed by atoms with Crippen molar-refractivity contribution in [2.75, 3.05) is 0 Å². The van der Waals surface area contributed by atoms with Crippen molar-refractivity contribution in [3.63, 3.8) is 0 Å². The van der Waals surface area contributed by atoms with Gasteiger partial charge in [0.15, 0.2) is 0 Å². The third-order valence-corrected chi connectivity index (χ3v) is 3.76. The zero-order valence-corrected chi connectivity index (χ0v) is 11.9. The van der Waals surface area contributed by atoms with Crippen LogP contribution in [-0.4, -0.2) is 9.55 Å². The molecule has 3 nitrogen and oxygen atoms in total. The van der Waals surface area contributed by atoms with Crippen LogP contribution >= 0.6 is 0 Å². The van der Waals surface area contributed by atoms with Crippen LogP contribution in [0, 0.1) is 6.92 Å². The van der Waals surface area contributed by atoms with Gasteiger partial charge in [0.05, 0.1) is 17.1 Å². The fourth-order valence-corrected chi connectivity index (χ4v) is 2.77. The van der Waals surface area contributed by atoms with E-state index >= 15 is 0 Å². The van der Waals surface area contributed by atoms with Crippen molar-refractivity contribution < 1.29 is 0 Å². The summed E-state index contributed by atoms with van der Waals surface area (Å²) in [4.78, 5) is 4.71. The summed E-state index contributed by atoms with van der Waals surface area (Å²) in [6, 6.07) is 16.4. The molecule has 1 unspecified atom stereocenters. The lowest BCUT2D eigenvalue weighted by Gasteiger charge is -2.12. The minimum atomic E-state index is -0.0887. The molecule has 1 atom stereocenters. The third-order valence-electron chi connectivity index (χ3n) is 3.76. The fourth-order valence-electron chi connectivity index (χ4n) is 2.77. The molecule has 0 amide bonds. The van der Waals surface area contributed by atoms with E-state index in [4.69, 9.17) is 10.7 Å². The number of hydrogen-bond donors (Lipinski definition) is 1. The summed E-state index contributed by atoms with van der Waals surface area (Å²) in [6.07, 6.45) is 0.803. The summed E-state index contributed by atoms with van der Waals surface area (Å²) in [5.41, 5.74) is 11.0. The standard InChI is InChI=1S/C17H19N3/c1-12-7-6-10-15-16(12)20(2)17(19-15)14(18)11-13-8-4-3-5-9-13/h3-10,14H,11,18H2,1-2H3. The van der Waals surface area contributed by atoms with Crippen LogP contribution in [0.2, 0.25) is 0 Å². The topological polar surface area (TPSA) is 43.8 Å². The number of nitrogens with two attached hydrogens (primary N) is 1. The first kappa shape index (κ1) is 12.9. The first-order valence-corrected chi connectivity index (χ1v) is 6.88. The summed E-state index contributed by atoms with van der Waals surface area (Å²) in [5, 5.41) is 0. The molecule has 0 aliphatic heterocycles. The molecule has 102 valence electrons. The second-order valence-electron chi connectivity index (χ2n) is 5.27. The van der Waals surface area contributed by atoms with Crippen LogP contribution in [0.3, 0.4) is 0 Å². The Hall–Kier alpha value is -2.13. The van der Waals surface area contributed by atoms with E-state index in [0.717, 1.165) is 17.8 Å². The Labute approximate surface area is 119 Å². The molecular formula is C17H19N3. The van der Waals surface area contributed by atoms with Gasteiger partial charge >= 0.3 is 0 Å². The SMILES string of the molecule is Cc1cccc2nc(C(N)Cc3ccccc3)n(C)c12. The highest BCUT2D eigenvalue weighted by Gasteiger charge is 2.16. The van der Waals surface area contributed by atoms with Crippen molar-refractivity contribution in [3.05, 3.63) is 65.5 Å². The van der Waals surface area contributed by atoms with Gasteiger partial charge in [-0.3, -0.25) is 0 Å². The van der Waals surface area contributed by atoms with Crippen molar-refractivity contribution in [1.29, 1.82) is 0 Å². The Kier molecular flexibility index (Phi) is 3.28. The van der Waals surface area contributed by atoms with Gasteiger partial charge in [-0.1, -0.05) is 42.5 Å². The van der Waals surface area contributed by atoms with Gasteiger partial charge in [0.1, 0.15) is 5.82 Å². The minimum Gasteiger partial charge on any atom is -0.330 e. The lowest BCUT2D eigenvalue weighted by atomic mass is 10.1. The van der Waals surface area contributed by atoms with E-state index in [1.54, 1.807) is 0 Å². The van der Waals surface area contributed by atoms with Crippen LogP contribution in [0.1, 0.15) is 23.0 Å². The van der Waals surface area contributed by atoms with Crippen molar-refractivity contribution in [2.24, 2.45) is 12.8 Å². The molecule has 3 aromatic rings. The van der Waals surface area contributed by atoms with E-state index in [2.05, 4.69) is 29.7 Å². The number of hydrogen-bond acceptors (Lipinski definition) is 2. The molecule has 0 aliphatic carbocycles. The lowest BCUT2D eigenvalue weighted by molar-refractivity contribution is 0.638. The number of benzene rings is 2. The van der Waals surface area contributed by atoms with Crippen molar-refractivity contribution >= 4 is 11.0 Å². The molecule has 3 rings (SSSR count). The predicted octanol–water partition coefficient (Wildman–Crippen LogP) is 3.12. The maximum atomic E-state index is 6.36. The van der Waals surface area contributed by atoms with Crippen LogP contribution in [0.4, 0.5) is 0 Å². The van der Waals surface area contributed by atoms with Crippen LogP contribution in [0.5, 0.6) is 0 Å². The normalized spacial score (nSPS) is 12.8. The Morgan fingerprint density at radius 3 is 2.55 bits per heavy atom. The second-order valence-corrected chi connectivity index (χ2v) is 5.27. The van der Waals surface area contributed by atoms with E-state index < -0.39 is 0 Å². The molecule has 0 radical (unpaired) electrons. The summed E-state index contributed by atoms with van der Waals surface area (Å²) in [6.45, 7) is 2.11. The van der Waals surface area contributed by atoms with E-state index in [0.29, 0.717) is 0 Å². The van der Waals surface area contributed by atoms with Crippen molar-refractivity contribution in [2.45, 2.75) is 19.4 Å². The van der Waals surface area contributed by atoms with Crippen LogP contribution in [0.15, 0.2) is 48.5 Å². The first-order chi connectivity index (χ1) is 9.66. The van der Waals surface area contributed by atoms with Gasteiger partial charge in [-0.05, 0) is 30.5 Å². The van der Waals surface area contributed by atoms with Gasteiger partial charge in [-0.25, -0.2) is 4.98 Å². The molecular weight excluding hydrogens is 246 g/mol. The second kappa shape index (κ2) is 5.10. The van der Waals surface area contributed by atoms with Gasteiger partial charge in [0.25, 0.3) is 0 Å². The zero-order valence-electron chi connectivity index (χ0n) is 11.9. The summed E-state index contributed by atoms with van der Waals surface area (Å²) < 4.78 is 2.12. The van der Waals surface area contributed by atoms with Crippen molar-refractivity contribution in [1.82, 2.24) is 9.55 Å². The first-order valence-electron chi connectivity index (χ1n) is 6.88. The molecule has 2 aromatic carbocycles. The van der Waals surface area contributed by atoms with Gasteiger partial charge in [0, 0.05) is 7.05 Å². The van der Waals surface area contributed by atoms with Gasteiger partial charge in [-0.2, -0.15) is 0 Å². The predicted molar refractivity (Wildman–Crippen MR) is 82.5 cm³/mol. The molecule has 1 heterocycles. The number of rotatable bonds is 3. The number of aromatic nitrogens is 2. The molecule has 0 saturated heterocycles. The molecule has 3 heteroatoms. The summed E-state index contributed by atoms with van der Waals surface area (Å²) in [5.74, 6) is 0.943. The smallest absolute Gasteiger partial charge is 0.126 e. The van der Waals surface area contributed by atoms with Crippen molar-refractivity contribution in [3.8, 4) is 0 Å². The van der Waals surface area contributed by atoms with E-state index in [9.17, 15) is 0 Å². The highest BCUT2D eigenvalue weighted by atomic mass is 15.1. The maximum Gasteiger partial charge on any atom is 0.126 e. The summed E-state index contributed by atoms with van der Waals surface area (Å²) >= 11 is 0. The molecule has 1 aromatic heterocycles. The maximum absolute atomic E-state index is 6.36. The average molecular weight is 265 g/mol.